The summed E-state index contributed by atoms with van der Waals surface area (Å²) in [5.74, 6) is 2.21. The third kappa shape index (κ3) is 2.09. The van der Waals surface area contributed by atoms with Crippen LogP contribution in [-0.2, 0) is 12.8 Å². The van der Waals surface area contributed by atoms with Gasteiger partial charge in [-0.15, -0.1) is 11.3 Å². The van der Waals surface area contributed by atoms with Crippen LogP contribution >= 0.6 is 11.3 Å². The quantitative estimate of drug-likeness (QED) is 0.833. The lowest BCUT2D eigenvalue weighted by Crippen LogP contribution is -2.38. The van der Waals surface area contributed by atoms with Gasteiger partial charge >= 0.3 is 0 Å². The van der Waals surface area contributed by atoms with E-state index in [1.165, 1.54) is 10.4 Å². The summed E-state index contributed by atoms with van der Waals surface area (Å²) in [6.07, 6.45) is 3.01. The van der Waals surface area contributed by atoms with Gasteiger partial charge in [-0.05, 0) is 48.4 Å². The van der Waals surface area contributed by atoms with Crippen LogP contribution in [-0.4, -0.2) is 12.7 Å². The maximum absolute atomic E-state index is 12.7. The molecule has 1 aliphatic carbocycles. The van der Waals surface area contributed by atoms with Gasteiger partial charge in [-0.2, -0.15) is 0 Å². The number of nitrogens with one attached hydrogen (secondary N) is 2. The molecule has 0 bridgehead atoms. The number of benzene rings is 1. The summed E-state index contributed by atoms with van der Waals surface area (Å²) in [6, 6.07) is 5.79. The van der Waals surface area contributed by atoms with Crippen LogP contribution in [0.25, 0.3) is 0 Å². The number of carbonyl (C=O) groups is 1. The maximum atomic E-state index is 12.7. The molecular weight excluding hydrogens is 324 g/mol. The van der Waals surface area contributed by atoms with E-state index in [1.54, 1.807) is 11.3 Å². The Hall–Kier alpha value is -2.21. The largest absolute Gasteiger partial charge is 0.454 e. The Morgan fingerprint density at radius 1 is 1.21 bits per heavy atom. The van der Waals surface area contributed by atoms with Gasteiger partial charge < -0.3 is 20.1 Å². The van der Waals surface area contributed by atoms with E-state index in [0.717, 1.165) is 46.9 Å². The van der Waals surface area contributed by atoms with Crippen molar-refractivity contribution < 1.29 is 14.3 Å². The highest BCUT2D eigenvalue weighted by atomic mass is 32.1. The molecule has 2 N–H and O–H groups in total. The molecule has 1 aromatic heterocycles. The molecule has 3 heterocycles. The molecule has 0 spiro atoms. The molecule has 5 nitrogen and oxygen atoms in total. The summed E-state index contributed by atoms with van der Waals surface area (Å²) in [7, 11) is 0. The molecule has 0 fully saturated rings. The van der Waals surface area contributed by atoms with Gasteiger partial charge in [0, 0.05) is 4.88 Å². The molecule has 3 aliphatic rings. The van der Waals surface area contributed by atoms with Crippen LogP contribution in [0.2, 0.25) is 0 Å². The molecule has 124 valence electrons. The third-order valence-corrected chi connectivity index (χ3v) is 6.21. The van der Waals surface area contributed by atoms with Gasteiger partial charge in [-0.25, -0.2) is 0 Å². The zero-order chi connectivity index (χ0) is 16.3. The average Bonchev–Trinajstić information content (AvgIpc) is 3.17. The van der Waals surface area contributed by atoms with E-state index in [1.807, 2.05) is 18.2 Å². The molecule has 6 heteroatoms. The normalized spacial score (nSPS) is 24.0. The smallest absolute Gasteiger partial charge is 0.256 e. The summed E-state index contributed by atoms with van der Waals surface area (Å²) in [6.45, 7) is 2.54. The van der Waals surface area contributed by atoms with Crippen LogP contribution in [0.15, 0.2) is 18.2 Å². The fourth-order valence-electron chi connectivity index (χ4n) is 3.72. The van der Waals surface area contributed by atoms with Gasteiger partial charge in [0.15, 0.2) is 11.5 Å². The van der Waals surface area contributed by atoms with Crippen LogP contribution in [0.5, 0.6) is 11.5 Å². The lowest BCUT2D eigenvalue weighted by Gasteiger charge is -2.27. The zero-order valence-electron chi connectivity index (χ0n) is 13.3. The lowest BCUT2D eigenvalue weighted by molar-refractivity contribution is 0.0935. The molecular formula is C18H18N2O3S. The van der Waals surface area contributed by atoms with E-state index in [9.17, 15) is 4.79 Å². The number of amides is 1. The summed E-state index contributed by atoms with van der Waals surface area (Å²) < 4.78 is 10.8. The third-order valence-electron chi connectivity index (χ3n) is 5.02. The average molecular weight is 342 g/mol. The van der Waals surface area contributed by atoms with Crippen molar-refractivity contribution >= 4 is 22.2 Å². The number of thiophene rings is 1. The molecule has 1 aromatic carbocycles. The topological polar surface area (TPSA) is 59.6 Å². The number of hydrogen-bond acceptors (Lipinski definition) is 5. The van der Waals surface area contributed by atoms with E-state index in [-0.39, 0.29) is 18.9 Å². The van der Waals surface area contributed by atoms with E-state index < -0.39 is 0 Å². The first-order chi connectivity index (χ1) is 11.7. The molecule has 5 rings (SSSR count). The van der Waals surface area contributed by atoms with Crippen molar-refractivity contribution in [1.29, 1.82) is 0 Å². The Balaban J connectivity index is 1.50. The van der Waals surface area contributed by atoms with Gasteiger partial charge in [0.05, 0.1) is 5.56 Å². The van der Waals surface area contributed by atoms with Crippen LogP contribution in [0.1, 0.15) is 45.9 Å². The van der Waals surface area contributed by atoms with Crippen molar-refractivity contribution in [3.8, 4) is 11.5 Å². The fourth-order valence-corrected chi connectivity index (χ4v) is 5.16. The SMILES string of the molecule is CC1CCc2c(sc3c2C(=O)NC(c2ccc4c(c2)OCO4)N3)C1. The number of fused-ring (bicyclic) bond motifs is 4. The highest BCUT2D eigenvalue weighted by Crippen LogP contribution is 2.43. The first-order valence-corrected chi connectivity index (χ1v) is 9.12. The lowest BCUT2D eigenvalue weighted by atomic mass is 9.88. The van der Waals surface area contributed by atoms with Gasteiger partial charge in [0.25, 0.3) is 5.91 Å². The second-order valence-electron chi connectivity index (χ2n) is 6.72. The van der Waals surface area contributed by atoms with E-state index in [0.29, 0.717) is 5.92 Å². The Labute approximate surface area is 144 Å². The number of carbonyl (C=O) groups excluding carboxylic acids is 1. The highest BCUT2D eigenvalue weighted by Gasteiger charge is 2.33. The Morgan fingerprint density at radius 2 is 2.08 bits per heavy atom. The molecule has 2 aliphatic heterocycles. The van der Waals surface area contributed by atoms with E-state index in [2.05, 4.69) is 17.6 Å². The summed E-state index contributed by atoms with van der Waals surface area (Å²) in [4.78, 5) is 14.1. The van der Waals surface area contributed by atoms with Gasteiger partial charge in [0.1, 0.15) is 11.2 Å². The minimum absolute atomic E-state index is 0.0264. The van der Waals surface area contributed by atoms with Crippen LogP contribution in [0, 0.1) is 5.92 Å². The van der Waals surface area contributed by atoms with Gasteiger partial charge in [-0.3, -0.25) is 4.79 Å². The molecule has 0 saturated carbocycles. The minimum atomic E-state index is -0.239. The molecule has 0 radical (unpaired) electrons. The monoisotopic (exact) mass is 342 g/mol. The van der Waals surface area contributed by atoms with Crippen molar-refractivity contribution in [3.63, 3.8) is 0 Å². The van der Waals surface area contributed by atoms with Crippen molar-refractivity contribution in [2.45, 2.75) is 32.4 Å². The first-order valence-electron chi connectivity index (χ1n) is 8.30. The molecule has 1 amide bonds. The molecule has 0 saturated heterocycles. The molecule has 2 atom stereocenters. The standard InChI is InChI=1S/C18H18N2O3S/c1-9-2-4-11-14(6-9)24-18-15(11)17(21)19-16(20-18)10-3-5-12-13(7-10)23-8-22-12/h3,5,7,9,16,20H,2,4,6,8H2,1H3,(H,19,21). The van der Waals surface area contributed by atoms with Crippen molar-refractivity contribution in [2.75, 3.05) is 12.1 Å². The highest BCUT2D eigenvalue weighted by molar-refractivity contribution is 7.16. The number of anilines is 1. The summed E-state index contributed by atoms with van der Waals surface area (Å²) in [5, 5.41) is 7.59. The zero-order valence-corrected chi connectivity index (χ0v) is 14.2. The number of hydrogen-bond donors (Lipinski definition) is 2. The first kappa shape index (κ1) is 14.2. The molecule has 2 aromatic rings. The number of ether oxygens (including phenoxy) is 2. The summed E-state index contributed by atoms with van der Waals surface area (Å²) in [5.41, 5.74) is 3.08. The van der Waals surface area contributed by atoms with Gasteiger partial charge in [0.2, 0.25) is 6.79 Å². The van der Waals surface area contributed by atoms with Crippen molar-refractivity contribution in [1.82, 2.24) is 5.32 Å². The Morgan fingerprint density at radius 3 is 3.00 bits per heavy atom. The van der Waals surface area contributed by atoms with Crippen molar-refractivity contribution in [3.05, 3.63) is 39.8 Å². The summed E-state index contributed by atoms with van der Waals surface area (Å²) >= 11 is 1.74. The second kappa shape index (κ2) is 5.14. The predicted octanol–water partition coefficient (Wildman–Crippen LogP) is 3.46. The molecule has 24 heavy (non-hydrogen) atoms. The van der Waals surface area contributed by atoms with Crippen LogP contribution in [0.4, 0.5) is 5.00 Å². The van der Waals surface area contributed by atoms with E-state index >= 15 is 0 Å². The van der Waals surface area contributed by atoms with Crippen molar-refractivity contribution in [2.24, 2.45) is 5.92 Å². The fraction of sp³-hybridized carbons (Fsp3) is 0.389. The Bertz CT molecular complexity index is 845. The van der Waals surface area contributed by atoms with Gasteiger partial charge in [-0.1, -0.05) is 13.0 Å². The second-order valence-corrected chi connectivity index (χ2v) is 7.82. The minimum Gasteiger partial charge on any atom is -0.454 e. The maximum Gasteiger partial charge on any atom is 0.256 e. The molecule has 2 unspecified atom stereocenters. The van der Waals surface area contributed by atoms with Crippen LogP contribution < -0.4 is 20.1 Å². The predicted molar refractivity (Wildman–Crippen MR) is 91.9 cm³/mol. The van der Waals surface area contributed by atoms with E-state index in [4.69, 9.17) is 9.47 Å². The van der Waals surface area contributed by atoms with Crippen LogP contribution in [0.3, 0.4) is 0 Å². The number of rotatable bonds is 1. The Kier molecular flexibility index (Phi) is 3.03.